The second-order valence-corrected chi connectivity index (χ2v) is 12.0. The highest BCUT2D eigenvalue weighted by Crippen LogP contribution is 2.33. The molecule has 0 aliphatic carbocycles. The van der Waals surface area contributed by atoms with Crippen molar-refractivity contribution in [3.63, 3.8) is 0 Å². The van der Waals surface area contributed by atoms with E-state index in [2.05, 4.69) is 98.6 Å². The number of rotatable bonds is 11. The molecule has 0 unspecified atom stereocenters. The van der Waals surface area contributed by atoms with Crippen LogP contribution in [0, 0.1) is 6.92 Å². The fraction of sp³-hybridized carbons (Fsp3) is 0.184. The summed E-state index contributed by atoms with van der Waals surface area (Å²) in [6.45, 7) is 8.46. The Bertz CT molecular complexity index is 2210. The largest absolute Gasteiger partial charge is 0.487 e. The van der Waals surface area contributed by atoms with Crippen LogP contribution < -0.4 is 4.74 Å². The van der Waals surface area contributed by atoms with E-state index in [9.17, 15) is 0 Å². The van der Waals surface area contributed by atoms with Crippen LogP contribution in [0.2, 0.25) is 0 Å². The van der Waals surface area contributed by atoms with Crippen LogP contribution in [0.1, 0.15) is 42.1 Å². The van der Waals surface area contributed by atoms with Gasteiger partial charge in [0.25, 0.3) is 0 Å². The summed E-state index contributed by atoms with van der Waals surface area (Å²) in [5.74, 6) is 0.757. The lowest BCUT2D eigenvalue weighted by atomic mass is 10.1. The molecule has 4 aromatic heterocycles. The van der Waals surface area contributed by atoms with Crippen molar-refractivity contribution in [2.24, 2.45) is 0 Å². The summed E-state index contributed by atoms with van der Waals surface area (Å²) < 4.78 is 12.2. The van der Waals surface area contributed by atoms with Crippen molar-refractivity contribution < 1.29 is 4.74 Å². The number of pyridine rings is 1. The zero-order valence-corrected chi connectivity index (χ0v) is 26.8. The van der Waals surface area contributed by atoms with Crippen LogP contribution in [-0.2, 0) is 26.2 Å². The summed E-state index contributed by atoms with van der Waals surface area (Å²) in [7, 11) is 0. The summed E-state index contributed by atoms with van der Waals surface area (Å²) in [5, 5.41) is 19.9. The zero-order valence-electron chi connectivity index (χ0n) is 26.8. The lowest BCUT2D eigenvalue weighted by molar-refractivity contribution is 0.301. The van der Waals surface area contributed by atoms with Gasteiger partial charge in [-0.1, -0.05) is 94.4 Å². The average Bonchev–Trinajstić information content (AvgIpc) is 3.79. The molecule has 0 aliphatic rings. The van der Waals surface area contributed by atoms with E-state index in [-0.39, 0.29) is 0 Å². The third-order valence-electron chi connectivity index (χ3n) is 8.05. The number of benzene rings is 3. The first-order valence-electron chi connectivity index (χ1n) is 15.7. The lowest BCUT2D eigenvalue weighted by Gasteiger charge is -2.08. The fourth-order valence-corrected chi connectivity index (χ4v) is 6.01. The van der Waals surface area contributed by atoms with E-state index < -0.39 is 0 Å². The second-order valence-electron chi connectivity index (χ2n) is 12.0. The van der Waals surface area contributed by atoms with Crippen LogP contribution in [0.4, 0.5) is 0 Å². The number of allylic oxidation sites excluding steroid dienone is 2. The van der Waals surface area contributed by atoms with Gasteiger partial charge in [0.2, 0.25) is 0 Å². The molecule has 3 aromatic carbocycles. The summed E-state index contributed by atoms with van der Waals surface area (Å²) in [6.07, 6.45) is 10.2. The fourth-order valence-electron chi connectivity index (χ4n) is 6.01. The molecule has 4 heterocycles. The number of nitrogens with zero attached hydrogens (tertiary/aromatic N) is 8. The van der Waals surface area contributed by atoms with Gasteiger partial charge in [0, 0.05) is 23.0 Å². The van der Waals surface area contributed by atoms with Gasteiger partial charge in [-0.05, 0) is 50.1 Å². The van der Waals surface area contributed by atoms with Crippen molar-refractivity contribution in [1.82, 2.24) is 39.5 Å². The molecule has 7 aromatic rings. The Balaban J connectivity index is 1.09. The maximum Gasteiger partial charge on any atom is 0.134 e. The Labute approximate surface area is 273 Å². The minimum Gasteiger partial charge on any atom is -0.487 e. The molecule has 9 heteroatoms. The molecular formula is C38H36N8O. The predicted molar refractivity (Wildman–Crippen MR) is 186 cm³/mol. The summed E-state index contributed by atoms with van der Waals surface area (Å²) >= 11 is 0. The lowest BCUT2D eigenvalue weighted by Crippen LogP contribution is -2.02. The molecule has 7 rings (SSSR count). The SMILES string of the molecule is C/C(=C\c1ccccc1)Cn1cc(COc2ccc3c4ccnc(C)c4n(Cc4cn(C/C(C)=C/c5ccccc5)nn4)c3c2)nn1. The highest BCUT2D eigenvalue weighted by atomic mass is 16.5. The van der Waals surface area contributed by atoms with Crippen LogP contribution in [0.15, 0.2) is 115 Å². The van der Waals surface area contributed by atoms with Crippen LogP contribution in [0.5, 0.6) is 5.75 Å². The normalized spacial score (nSPS) is 12.3. The molecule has 47 heavy (non-hydrogen) atoms. The topological polar surface area (TPSA) is 88.5 Å². The van der Waals surface area contributed by atoms with Crippen molar-refractivity contribution in [2.45, 2.75) is 47.0 Å². The zero-order chi connectivity index (χ0) is 32.2. The third-order valence-corrected chi connectivity index (χ3v) is 8.05. The Morgan fingerprint density at radius 2 is 1.34 bits per heavy atom. The molecule has 0 saturated heterocycles. The predicted octanol–water partition coefficient (Wildman–Crippen LogP) is 7.52. The molecule has 0 saturated carbocycles. The molecule has 0 radical (unpaired) electrons. The Hall–Kier alpha value is -5.83. The first kappa shape index (κ1) is 29.9. The van der Waals surface area contributed by atoms with Gasteiger partial charge < -0.3 is 9.30 Å². The molecule has 0 bridgehead atoms. The molecule has 0 atom stereocenters. The summed E-state index contributed by atoms with van der Waals surface area (Å²) in [6, 6.07) is 28.9. The van der Waals surface area contributed by atoms with E-state index >= 15 is 0 Å². The highest BCUT2D eigenvalue weighted by molar-refractivity contribution is 6.09. The van der Waals surface area contributed by atoms with Crippen molar-refractivity contribution >= 4 is 34.0 Å². The minimum absolute atomic E-state index is 0.317. The van der Waals surface area contributed by atoms with Crippen LogP contribution in [0.3, 0.4) is 0 Å². The maximum absolute atomic E-state index is 6.24. The average molecular weight is 621 g/mol. The first-order chi connectivity index (χ1) is 23.0. The highest BCUT2D eigenvalue weighted by Gasteiger charge is 2.16. The summed E-state index contributed by atoms with van der Waals surface area (Å²) in [5.41, 5.74) is 9.47. The van der Waals surface area contributed by atoms with E-state index in [1.165, 1.54) is 22.3 Å². The third kappa shape index (κ3) is 6.89. The number of hydrogen-bond donors (Lipinski definition) is 0. The van der Waals surface area contributed by atoms with E-state index in [4.69, 9.17) is 4.74 Å². The van der Waals surface area contributed by atoms with Gasteiger partial charge in [0.15, 0.2) is 0 Å². The van der Waals surface area contributed by atoms with E-state index in [1.54, 1.807) is 0 Å². The number of hydrogen-bond acceptors (Lipinski definition) is 6. The number of aryl methyl sites for hydroxylation is 1. The Morgan fingerprint density at radius 1 is 0.723 bits per heavy atom. The molecule has 234 valence electrons. The van der Waals surface area contributed by atoms with E-state index in [1.807, 2.05) is 77.3 Å². The second kappa shape index (κ2) is 13.3. The number of aromatic nitrogens is 8. The summed E-state index contributed by atoms with van der Waals surface area (Å²) in [4.78, 5) is 4.61. The van der Waals surface area contributed by atoms with Gasteiger partial charge >= 0.3 is 0 Å². The van der Waals surface area contributed by atoms with Gasteiger partial charge in [-0.25, -0.2) is 9.36 Å². The van der Waals surface area contributed by atoms with Crippen LogP contribution in [-0.4, -0.2) is 39.5 Å². The van der Waals surface area contributed by atoms with Crippen LogP contribution >= 0.6 is 0 Å². The van der Waals surface area contributed by atoms with E-state index in [0.717, 1.165) is 44.6 Å². The Morgan fingerprint density at radius 3 is 2.00 bits per heavy atom. The molecule has 0 spiro atoms. The standard InChI is InChI=1S/C38H36N8O/c1-27(18-30-10-6-4-7-11-30)21-44-23-32(40-42-44)25-46-37-20-34(14-15-35(37)36-16-17-39-29(3)38(36)46)47-26-33-24-45(43-41-33)22-28(2)19-31-12-8-5-9-13-31/h4-20,23-24H,21-22,25-26H2,1-3H3/b27-18+,28-19+. The quantitative estimate of drug-likeness (QED) is 0.149. The molecule has 0 fully saturated rings. The van der Waals surface area contributed by atoms with Crippen molar-refractivity contribution in [1.29, 1.82) is 0 Å². The van der Waals surface area contributed by atoms with Gasteiger partial charge in [-0.15, -0.1) is 10.2 Å². The minimum atomic E-state index is 0.317. The molecule has 0 amide bonds. The molecule has 0 N–H and O–H groups in total. The molecule has 9 nitrogen and oxygen atoms in total. The van der Waals surface area contributed by atoms with Crippen molar-refractivity contribution in [3.8, 4) is 5.75 Å². The smallest absolute Gasteiger partial charge is 0.134 e. The van der Waals surface area contributed by atoms with E-state index in [0.29, 0.717) is 26.2 Å². The maximum atomic E-state index is 6.24. The monoisotopic (exact) mass is 620 g/mol. The number of ether oxygens (including phenoxy) is 1. The van der Waals surface area contributed by atoms with Crippen LogP contribution in [0.25, 0.3) is 34.0 Å². The Kier molecular flexibility index (Phi) is 8.43. The van der Waals surface area contributed by atoms with Gasteiger partial charge in [-0.2, -0.15) is 0 Å². The van der Waals surface area contributed by atoms with Crippen molar-refractivity contribution in [3.05, 3.63) is 143 Å². The van der Waals surface area contributed by atoms with Gasteiger partial charge in [0.1, 0.15) is 23.7 Å². The number of fused-ring (bicyclic) bond motifs is 3. The molecule has 0 aliphatic heterocycles. The van der Waals surface area contributed by atoms with Gasteiger partial charge in [0.05, 0.1) is 48.8 Å². The molecular weight excluding hydrogens is 584 g/mol. The van der Waals surface area contributed by atoms with Gasteiger partial charge in [-0.3, -0.25) is 4.98 Å². The van der Waals surface area contributed by atoms with Crippen molar-refractivity contribution in [2.75, 3.05) is 0 Å². The first-order valence-corrected chi connectivity index (χ1v) is 15.7.